The third-order valence-electron chi connectivity index (χ3n) is 8.02. The number of aromatic nitrogens is 2. The van der Waals surface area contributed by atoms with Crippen molar-refractivity contribution in [2.45, 2.75) is 37.3 Å². The van der Waals surface area contributed by atoms with E-state index < -0.39 is 18.0 Å². The maximum atomic E-state index is 14.0. The number of rotatable bonds is 4. The van der Waals surface area contributed by atoms with E-state index in [-0.39, 0.29) is 16.9 Å². The molecule has 1 amide bonds. The molecule has 3 aromatic rings. The van der Waals surface area contributed by atoms with Gasteiger partial charge in [-0.15, -0.1) is 0 Å². The average Bonchev–Trinajstić information content (AvgIpc) is 3.31. The van der Waals surface area contributed by atoms with Crippen molar-refractivity contribution < 1.29 is 18.0 Å². The number of piperidine rings is 2. The molecule has 36 heavy (non-hydrogen) atoms. The van der Waals surface area contributed by atoms with Crippen molar-refractivity contribution in [2.75, 3.05) is 26.2 Å². The number of hydrogen-bond acceptors (Lipinski definition) is 3. The van der Waals surface area contributed by atoms with Gasteiger partial charge in [-0.2, -0.15) is 18.3 Å². The molecule has 8 heteroatoms. The number of carbonyl (C=O) groups excluding carboxylic acids is 1. The predicted octanol–water partition coefficient (Wildman–Crippen LogP) is 5.12. The van der Waals surface area contributed by atoms with Crippen molar-refractivity contribution in [3.8, 4) is 11.1 Å². The molecule has 0 bridgehead atoms. The fourth-order valence-electron chi connectivity index (χ4n) is 6.11. The molecule has 5 rings (SSSR count). The van der Waals surface area contributed by atoms with E-state index in [1.165, 1.54) is 22.6 Å². The molecule has 1 aromatic heterocycles. The van der Waals surface area contributed by atoms with Crippen LogP contribution in [0.15, 0.2) is 67.0 Å². The largest absolute Gasteiger partial charge is 0.404 e. The summed E-state index contributed by atoms with van der Waals surface area (Å²) in [4.78, 5) is 14.6. The van der Waals surface area contributed by atoms with Gasteiger partial charge >= 0.3 is 6.18 Å². The first-order valence-electron chi connectivity index (χ1n) is 12.5. The number of likely N-dealkylation sites (tertiary alicyclic amines) is 1. The molecule has 190 valence electrons. The van der Waals surface area contributed by atoms with E-state index in [2.05, 4.69) is 22.5 Å². The zero-order chi connectivity index (χ0) is 25.3. The predicted molar refractivity (Wildman–Crippen MR) is 132 cm³/mol. The van der Waals surface area contributed by atoms with Crippen LogP contribution in [-0.4, -0.2) is 52.9 Å². The molecule has 3 heterocycles. The lowest BCUT2D eigenvalue weighted by molar-refractivity contribution is -0.173. The van der Waals surface area contributed by atoms with Crippen LogP contribution in [0.3, 0.4) is 0 Å². The van der Waals surface area contributed by atoms with Crippen LogP contribution in [0.4, 0.5) is 13.2 Å². The van der Waals surface area contributed by atoms with Gasteiger partial charge in [-0.25, -0.2) is 0 Å². The number of nitrogens with one attached hydrogen (secondary N) is 1. The minimum atomic E-state index is -4.63. The van der Waals surface area contributed by atoms with Crippen molar-refractivity contribution in [3.63, 3.8) is 0 Å². The van der Waals surface area contributed by atoms with Gasteiger partial charge < -0.3 is 10.2 Å². The Bertz CT molecular complexity index is 1200. The topological polar surface area (TPSA) is 50.2 Å². The van der Waals surface area contributed by atoms with Crippen molar-refractivity contribution in [3.05, 3.63) is 78.1 Å². The zero-order valence-corrected chi connectivity index (χ0v) is 20.3. The lowest BCUT2D eigenvalue weighted by atomic mass is 9.62. The minimum absolute atomic E-state index is 0.000396. The summed E-state index contributed by atoms with van der Waals surface area (Å²) in [6.45, 7) is 2.35. The average molecular weight is 497 g/mol. The second kappa shape index (κ2) is 9.73. The van der Waals surface area contributed by atoms with Crippen LogP contribution in [-0.2, 0) is 11.8 Å². The van der Waals surface area contributed by atoms with Crippen molar-refractivity contribution in [1.82, 2.24) is 20.0 Å². The Balaban J connectivity index is 1.39. The maximum Gasteiger partial charge on any atom is 0.404 e. The van der Waals surface area contributed by atoms with Crippen LogP contribution >= 0.6 is 0 Å². The Labute approximate surface area is 209 Å². The van der Waals surface area contributed by atoms with Gasteiger partial charge in [0, 0.05) is 44.4 Å². The Morgan fingerprint density at radius 1 is 1.06 bits per heavy atom. The van der Waals surface area contributed by atoms with Gasteiger partial charge in [0.25, 0.3) is 0 Å². The third-order valence-corrected chi connectivity index (χ3v) is 8.02. The molecule has 5 nitrogen and oxygen atoms in total. The Kier molecular flexibility index (Phi) is 6.64. The molecule has 2 aliphatic heterocycles. The Morgan fingerprint density at radius 2 is 1.75 bits per heavy atom. The second-order valence-electron chi connectivity index (χ2n) is 10.1. The molecular weight excluding hydrogens is 465 g/mol. The number of benzene rings is 2. The number of aryl methyl sites for hydroxylation is 1. The lowest BCUT2D eigenvalue weighted by Crippen LogP contribution is -2.52. The molecule has 0 radical (unpaired) electrons. The summed E-state index contributed by atoms with van der Waals surface area (Å²) >= 11 is 0. The van der Waals surface area contributed by atoms with Gasteiger partial charge in [0.15, 0.2) is 5.92 Å². The fourth-order valence-corrected chi connectivity index (χ4v) is 6.11. The normalized spacial score (nSPS) is 20.9. The number of hydrogen-bond donors (Lipinski definition) is 1. The third kappa shape index (κ3) is 4.66. The molecule has 1 spiro atoms. The van der Waals surface area contributed by atoms with E-state index in [1.807, 2.05) is 31.6 Å². The SMILES string of the molecule is Cn1cc(-c2ccccc2C2CNCCC23CCN(C(=O)[C@H](c2ccccc2)C(F)(F)F)CC3)cn1. The molecule has 2 fully saturated rings. The fraction of sp³-hybridized carbons (Fsp3) is 0.429. The summed E-state index contributed by atoms with van der Waals surface area (Å²) in [5.41, 5.74) is 3.35. The number of nitrogens with zero attached hydrogens (tertiary/aromatic N) is 3. The van der Waals surface area contributed by atoms with E-state index in [4.69, 9.17) is 0 Å². The van der Waals surface area contributed by atoms with E-state index in [9.17, 15) is 18.0 Å². The molecule has 2 aliphatic rings. The molecule has 0 saturated carbocycles. The molecular formula is C28H31F3N4O. The number of halogens is 3. The summed E-state index contributed by atoms with van der Waals surface area (Å²) in [6.07, 6.45) is 1.54. The first-order valence-corrected chi connectivity index (χ1v) is 12.5. The molecule has 2 saturated heterocycles. The highest BCUT2D eigenvalue weighted by molar-refractivity contribution is 5.84. The minimum Gasteiger partial charge on any atom is -0.342 e. The van der Waals surface area contributed by atoms with E-state index in [0.717, 1.165) is 30.6 Å². The monoisotopic (exact) mass is 496 g/mol. The van der Waals surface area contributed by atoms with E-state index >= 15 is 0 Å². The summed E-state index contributed by atoms with van der Waals surface area (Å²) in [6, 6.07) is 15.9. The molecule has 0 aliphatic carbocycles. The van der Waals surface area contributed by atoms with Gasteiger partial charge in [-0.3, -0.25) is 9.48 Å². The van der Waals surface area contributed by atoms with Gasteiger partial charge in [0.2, 0.25) is 5.91 Å². The highest BCUT2D eigenvalue weighted by Crippen LogP contribution is 2.51. The molecule has 1 unspecified atom stereocenters. The summed E-state index contributed by atoms with van der Waals surface area (Å²) in [5.74, 6) is -2.76. The van der Waals surface area contributed by atoms with Gasteiger partial charge in [-0.05, 0) is 47.9 Å². The van der Waals surface area contributed by atoms with E-state index in [1.54, 1.807) is 22.9 Å². The molecule has 2 aromatic carbocycles. The molecule has 1 N–H and O–H groups in total. The van der Waals surface area contributed by atoms with Crippen LogP contribution in [0.5, 0.6) is 0 Å². The Hall–Kier alpha value is -3.13. The highest BCUT2D eigenvalue weighted by Gasteiger charge is 2.50. The van der Waals surface area contributed by atoms with Crippen LogP contribution in [0.2, 0.25) is 0 Å². The second-order valence-corrected chi connectivity index (χ2v) is 10.1. The van der Waals surface area contributed by atoms with E-state index in [0.29, 0.717) is 25.9 Å². The van der Waals surface area contributed by atoms with Crippen molar-refractivity contribution >= 4 is 5.91 Å². The van der Waals surface area contributed by atoms with Crippen LogP contribution in [0.1, 0.15) is 42.2 Å². The van der Waals surface area contributed by atoms with Gasteiger partial charge in [-0.1, -0.05) is 54.6 Å². The standard InChI is InChI=1S/C28H31F3N4O/c1-34-19-21(17-33-34)22-9-5-6-10-23(22)24-18-32-14-11-27(24)12-15-35(16-13-27)26(36)25(28(29,30)31)20-7-3-2-4-8-20/h2-10,17,19,24-25,32H,11-16,18H2,1H3/t24?,25-/m0/s1. The summed E-state index contributed by atoms with van der Waals surface area (Å²) < 4.78 is 43.7. The number of alkyl halides is 3. The smallest absolute Gasteiger partial charge is 0.342 e. The van der Waals surface area contributed by atoms with Gasteiger partial charge in [0.05, 0.1) is 6.20 Å². The van der Waals surface area contributed by atoms with Crippen molar-refractivity contribution in [1.29, 1.82) is 0 Å². The molecule has 2 atom stereocenters. The highest BCUT2D eigenvalue weighted by atomic mass is 19.4. The quantitative estimate of drug-likeness (QED) is 0.546. The van der Waals surface area contributed by atoms with Crippen molar-refractivity contribution in [2.24, 2.45) is 12.5 Å². The Morgan fingerprint density at radius 3 is 2.42 bits per heavy atom. The summed E-state index contributed by atoms with van der Waals surface area (Å²) in [7, 11) is 1.89. The summed E-state index contributed by atoms with van der Waals surface area (Å²) in [5, 5.41) is 7.87. The lowest BCUT2D eigenvalue weighted by Gasteiger charge is -2.50. The van der Waals surface area contributed by atoms with Crippen LogP contribution < -0.4 is 5.32 Å². The first-order chi connectivity index (χ1) is 17.3. The number of amides is 1. The maximum absolute atomic E-state index is 14.0. The first kappa shape index (κ1) is 24.6. The zero-order valence-electron chi connectivity index (χ0n) is 20.3. The van der Waals surface area contributed by atoms with Crippen LogP contribution in [0.25, 0.3) is 11.1 Å². The van der Waals surface area contributed by atoms with Crippen LogP contribution in [0, 0.1) is 5.41 Å². The van der Waals surface area contributed by atoms with Gasteiger partial charge in [0.1, 0.15) is 0 Å². The number of carbonyl (C=O) groups is 1.